The van der Waals surface area contributed by atoms with Crippen LogP contribution >= 0.6 is 11.3 Å². The van der Waals surface area contributed by atoms with Crippen molar-refractivity contribution in [2.75, 3.05) is 13.1 Å². The first kappa shape index (κ1) is 15.0. The Hall–Kier alpha value is -1.30. The number of ether oxygens (including phenoxy) is 1. The van der Waals surface area contributed by atoms with Gasteiger partial charge in [-0.05, 0) is 49.8 Å². The van der Waals surface area contributed by atoms with E-state index in [1.165, 1.54) is 35.5 Å². The van der Waals surface area contributed by atoms with Crippen LogP contribution in [0, 0.1) is 5.92 Å². The summed E-state index contributed by atoms with van der Waals surface area (Å²) in [5.74, 6) is 1.45. The van der Waals surface area contributed by atoms with Crippen molar-refractivity contribution in [2.45, 2.75) is 50.4 Å². The number of fused-ring (bicyclic) bond motifs is 1. The van der Waals surface area contributed by atoms with Crippen LogP contribution in [0.1, 0.15) is 54.0 Å². The first-order valence-electron chi connectivity index (χ1n) is 9.07. The van der Waals surface area contributed by atoms with E-state index in [0.29, 0.717) is 12.0 Å². The molecule has 0 spiro atoms. The molecule has 2 aromatic heterocycles. The molecule has 5 rings (SSSR count). The molecule has 3 aliphatic rings. The number of nitrogens with zero attached hydrogens (tertiary/aromatic N) is 3. The predicted molar refractivity (Wildman–Crippen MR) is 93.9 cm³/mol. The van der Waals surface area contributed by atoms with Gasteiger partial charge in [0.15, 0.2) is 0 Å². The third kappa shape index (κ3) is 3.01. The summed E-state index contributed by atoms with van der Waals surface area (Å²) in [7, 11) is 0. The molecule has 0 unspecified atom stereocenters. The topological polar surface area (TPSA) is 38.2 Å². The second-order valence-electron chi connectivity index (χ2n) is 7.43. The zero-order valence-electron chi connectivity index (χ0n) is 13.8. The van der Waals surface area contributed by atoms with Crippen LogP contribution in [0.4, 0.5) is 0 Å². The van der Waals surface area contributed by atoms with Gasteiger partial charge in [-0.1, -0.05) is 6.07 Å². The van der Waals surface area contributed by atoms with Crippen molar-refractivity contribution >= 4 is 11.3 Å². The van der Waals surface area contributed by atoms with Gasteiger partial charge in [0.1, 0.15) is 11.1 Å². The molecule has 126 valence electrons. The fourth-order valence-corrected chi connectivity index (χ4v) is 5.01. The van der Waals surface area contributed by atoms with Crippen molar-refractivity contribution < 1.29 is 4.74 Å². The monoisotopic (exact) mass is 341 g/mol. The smallest absolute Gasteiger partial charge is 0.122 e. The minimum absolute atomic E-state index is 0.232. The van der Waals surface area contributed by atoms with Crippen LogP contribution in [-0.4, -0.2) is 34.1 Å². The SMILES string of the molecule is c1cncc(CN2CC[C@@H]3C[C@@H](c4nc(C5CC5)cs4)O[C@H]3C2)c1. The van der Waals surface area contributed by atoms with Gasteiger partial charge in [-0.15, -0.1) is 11.3 Å². The van der Waals surface area contributed by atoms with E-state index in [1.54, 1.807) is 11.3 Å². The fraction of sp³-hybridized carbons (Fsp3) is 0.579. The normalized spacial score (nSPS) is 30.4. The third-order valence-corrected chi connectivity index (χ3v) is 6.53. The maximum absolute atomic E-state index is 6.42. The summed E-state index contributed by atoms with van der Waals surface area (Å²) in [5.41, 5.74) is 2.60. The largest absolute Gasteiger partial charge is 0.366 e. The van der Waals surface area contributed by atoms with E-state index >= 15 is 0 Å². The first-order valence-corrected chi connectivity index (χ1v) is 9.95. The van der Waals surface area contributed by atoms with Crippen LogP contribution in [0.2, 0.25) is 0 Å². The maximum Gasteiger partial charge on any atom is 0.122 e. The van der Waals surface area contributed by atoms with Crippen LogP contribution in [0.5, 0.6) is 0 Å². The van der Waals surface area contributed by atoms with Crippen molar-refractivity contribution in [1.29, 1.82) is 0 Å². The van der Waals surface area contributed by atoms with E-state index in [1.807, 2.05) is 18.5 Å². The molecule has 0 amide bonds. The lowest BCUT2D eigenvalue weighted by Gasteiger charge is -2.33. The molecule has 24 heavy (non-hydrogen) atoms. The number of piperidine rings is 1. The Balaban J connectivity index is 1.23. The van der Waals surface area contributed by atoms with Crippen LogP contribution in [0.25, 0.3) is 0 Å². The summed E-state index contributed by atoms with van der Waals surface area (Å²) in [5, 5.41) is 3.47. The zero-order valence-corrected chi connectivity index (χ0v) is 14.6. The molecule has 1 saturated carbocycles. The van der Waals surface area contributed by atoms with Crippen molar-refractivity contribution in [3.63, 3.8) is 0 Å². The lowest BCUT2D eigenvalue weighted by molar-refractivity contribution is -0.00945. The van der Waals surface area contributed by atoms with E-state index in [4.69, 9.17) is 9.72 Å². The summed E-state index contributed by atoms with van der Waals surface area (Å²) in [6, 6.07) is 4.18. The summed E-state index contributed by atoms with van der Waals surface area (Å²) in [6.07, 6.45) is 9.45. The van der Waals surface area contributed by atoms with Gasteiger partial charge < -0.3 is 4.74 Å². The Morgan fingerprint density at radius 3 is 3.08 bits per heavy atom. The van der Waals surface area contributed by atoms with Gasteiger partial charge in [0.25, 0.3) is 0 Å². The molecule has 0 N–H and O–H groups in total. The number of hydrogen-bond acceptors (Lipinski definition) is 5. The standard InChI is InChI=1S/C19H23N3OS/c1-2-13(9-20-6-1)10-22-7-5-15-8-17(23-18(15)11-22)19-21-16(12-24-19)14-3-4-14/h1-2,6,9,12,14-15,17-18H,3-5,7-8,10-11H2/t15-,17+,18+/m1/s1. The molecule has 1 aliphatic carbocycles. The second-order valence-corrected chi connectivity index (χ2v) is 8.32. The molecule has 2 aliphatic heterocycles. The number of hydrogen-bond donors (Lipinski definition) is 0. The van der Waals surface area contributed by atoms with Gasteiger partial charge >= 0.3 is 0 Å². The Kier molecular flexibility index (Phi) is 3.88. The van der Waals surface area contributed by atoms with Crippen molar-refractivity contribution in [3.05, 3.63) is 46.2 Å². The quantitative estimate of drug-likeness (QED) is 0.848. The summed E-state index contributed by atoms with van der Waals surface area (Å²) in [6.45, 7) is 3.18. The molecule has 3 fully saturated rings. The first-order chi connectivity index (χ1) is 11.8. The molecule has 4 heterocycles. The van der Waals surface area contributed by atoms with Gasteiger partial charge in [-0.3, -0.25) is 9.88 Å². The van der Waals surface area contributed by atoms with Crippen molar-refractivity contribution in [3.8, 4) is 0 Å². The Morgan fingerprint density at radius 2 is 2.25 bits per heavy atom. The molecule has 3 atom stereocenters. The summed E-state index contributed by atoms with van der Waals surface area (Å²) < 4.78 is 6.42. The predicted octanol–water partition coefficient (Wildman–Crippen LogP) is 3.77. The summed E-state index contributed by atoms with van der Waals surface area (Å²) in [4.78, 5) is 11.6. The van der Waals surface area contributed by atoms with E-state index < -0.39 is 0 Å². The lowest BCUT2D eigenvalue weighted by Crippen LogP contribution is -2.41. The van der Waals surface area contributed by atoms with Gasteiger partial charge in [-0.2, -0.15) is 0 Å². The molecular formula is C19H23N3OS. The second kappa shape index (κ2) is 6.21. The molecule has 0 bridgehead atoms. The molecule has 0 radical (unpaired) electrons. The van der Waals surface area contributed by atoms with E-state index in [-0.39, 0.29) is 6.10 Å². The van der Waals surface area contributed by atoms with Crippen LogP contribution in [0.3, 0.4) is 0 Å². The number of rotatable bonds is 4. The van der Waals surface area contributed by atoms with Crippen LogP contribution in [-0.2, 0) is 11.3 Å². The average molecular weight is 341 g/mol. The molecule has 2 aromatic rings. The lowest BCUT2D eigenvalue weighted by atomic mass is 9.91. The fourth-order valence-electron chi connectivity index (χ4n) is 4.06. The third-order valence-electron chi connectivity index (χ3n) is 5.58. The summed E-state index contributed by atoms with van der Waals surface area (Å²) >= 11 is 1.81. The average Bonchev–Trinajstić information content (AvgIpc) is 3.19. The number of pyridine rings is 1. The van der Waals surface area contributed by atoms with Gasteiger partial charge in [0, 0.05) is 36.8 Å². The highest BCUT2D eigenvalue weighted by molar-refractivity contribution is 7.09. The molecule has 5 heteroatoms. The van der Waals surface area contributed by atoms with E-state index in [0.717, 1.165) is 32.0 Å². The van der Waals surface area contributed by atoms with Gasteiger partial charge in [0.05, 0.1) is 11.8 Å². The number of likely N-dealkylation sites (tertiary alicyclic amines) is 1. The minimum Gasteiger partial charge on any atom is -0.366 e. The number of aromatic nitrogens is 2. The minimum atomic E-state index is 0.232. The van der Waals surface area contributed by atoms with Crippen molar-refractivity contribution in [2.24, 2.45) is 5.92 Å². The molecule has 0 aromatic carbocycles. The molecule has 4 nitrogen and oxygen atoms in total. The highest BCUT2D eigenvalue weighted by atomic mass is 32.1. The van der Waals surface area contributed by atoms with E-state index in [2.05, 4.69) is 21.3 Å². The van der Waals surface area contributed by atoms with Crippen LogP contribution < -0.4 is 0 Å². The molecular weight excluding hydrogens is 318 g/mol. The number of thiazole rings is 1. The zero-order chi connectivity index (χ0) is 15.9. The Labute approximate surface area is 146 Å². The van der Waals surface area contributed by atoms with E-state index in [9.17, 15) is 0 Å². The highest BCUT2D eigenvalue weighted by Crippen LogP contribution is 2.45. The van der Waals surface area contributed by atoms with Gasteiger partial charge in [0.2, 0.25) is 0 Å². The molecule has 2 saturated heterocycles. The Bertz CT molecular complexity index is 700. The highest BCUT2D eigenvalue weighted by Gasteiger charge is 2.41. The van der Waals surface area contributed by atoms with Crippen molar-refractivity contribution in [1.82, 2.24) is 14.9 Å². The Morgan fingerprint density at radius 1 is 1.29 bits per heavy atom. The van der Waals surface area contributed by atoms with Crippen LogP contribution in [0.15, 0.2) is 29.9 Å². The van der Waals surface area contributed by atoms with Gasteiger partial charge in [-0.25, -0.2) is 4.98 Å². The maximum atomic E-state index is 6.42.